The Balaban J connectivity index is 2.40. The zero-order valence-electron chi connectivity index (χ0n) is 6.01. The second-order valence-corrected chi connectivity index (χ2v) is 3.85. The maximum absolute atomic E-state index is 11.2. The summed E-state index contributed by atoms with van der Waals surface area (Å²) in [7, 11) is 0. The van der Waals surface area contributed by atoms with Gasteiger partial charge in [-0.15, -0.1) is 0 Å². The number of alkyl halides is 1. The SMILES string of the molecule is CC(Br)C(=O)N1C[CH+]CC1. The molecule has 1 aliphatic heterocycles. The summed E-state index contributed by atoms with van der Waals surface area (Å²) < 4.78 is 0. The van der Waals surface area contributed by atoms with Crippen molar-refractivity contribution in [1.29, 1.82) is 0 Å². The van der Waals surface area contributed by atoms with Crippen LogP contribution >= 0.6 is 15.9 Å². The predicted octanol–water partition coefficient (Wildman–Crippen LogP) is 1.21. The van der Waals surface area contributed by atoms with Gasteiger partial charge in [-0.3, -0.25) is 9.69 Å². The van der Waals surface area contributed by atoms with Crippen LogP contribution in [0.2, 0.25) is 0 Å². The minimum Gasteiger partial charge on any atom is -0.299 e. The second-order valence-electron chi connectivity index (χ2n) is 2.48. The van der Waals surface area contributed by atoms with E-state index < -0.39 is 0 Å². The Kier molecular flexibility index (Phi) is 2.60. The molecule has 0 saturated carbocycles. The summed E-state index contributed by atoms with van der Waals surface area (Å²) in [6, 6.07) is 0. The first kappa shape index (κ1) is 7.92. The van der Waals surface area contributed by atoms with Gasteiger partial charge >= 0.3 is 0 Å². The largest absolute Gasteiger partial charge is 0.299 e. The van der Waals surface area contributed by atoms with E-state index in [1.165, 1.54) is 0 Å². The third-order valence-corrected chi connectivity index (χ3v) is 2.00. The van der Waals surface area contributed by atoms with E-state index in [-0.39, 0.29) is 10.7 Å². The number of carbonyl (C=O) groups is 1. The molecule has 0 aromatic heterocycles. The molecule has 2 nitrogen and oxygen atoms in total. The standard InChI is InChI=1S/C7H11BrNO/c1-6(8)7(10)9-4-2-3-5-9/h2,6H,3-5H2,1H3/q+1. The molecule has 0 N–H and O–H groups in total. The van der Waals surface area contributed by atoms with Crippen LogP contribution in [-0.2, 0) is 4.79 Å². The fraction of sp³-hybridized carbons (Fsp3) is 0.714. The lowest BCUT2D eigenvalue weighted by atomic mass is 10.4. The lowest BCUT2D eigenvalue weighted by Crippen LogP contribution is -2.32. The van der Waals surface area contributed by atoms with Crippen LogP contribution in [0.1, 0.15) is 13.3 Å². The van der Waals surface area contributed by atoms with Crippen molar-refractivity contribution < 1.29 is 4.79 Å². The van der Waals surface area contributed by atoms with Crippen molar-refractivity contribution in [3.05, 3.63) is 6.42 Å². The van der Waals surface area contributed by atoms with E-state index in [1.54, 1.807) is 0 Å². The minimum atomic E-state index is -0.0287. The van der Waals surface area contributed by atoms with Gasteiger partial charge in [-0.25, -0.2) is 0 Å². The molecule has 10 heavy (non-hydrogen) atoms. The maximum Gasteiger partial charge on any atom is 0.239 e. The van der Waals surface area contributed by atoms with E-state index in [4.69, 9.17) is 0 Å². The van der Waals surface area contributed by atoms with Crippen molar-refractivity contribution in [3.63, 3.8) is 0 Å². The van der Waals surface area contributed by atoms with Crippen molar-refractivity contribution in [2.75, 3.05) is 13.1 Å². The van der Waals surface area contributed by atoms with Gasteiger partial charge in [0.2, 0.25) is 5.91 Å². The van der Waals surface area contributed by atoms with Gasteiger partial charge in [0.1, 0.15) is 6.42 Å². The highest BCUT2D eigenvalue weighted by Crippen LogP contribution is 2.11. The van der Waals surface area contributed by atoms with Gasteiger partial charge in [0.05, 0.1) is 17.8 Å². The number of nitrogens with zero attached hydrogens (tertiary/aromatic N) is 1. The van der Waals surface area contributed by atoms with Gasteiger partial charge in [0, 0.05) is 0 Å². The van der Waals surface area contributed by atoms with Crippen LogP contribution < -0.4 is 0 Å². The molecule has 1 aliphatic rings. The third kappa shape index (κ3) is 1.66. The minimum absolute atomic E-state index is 0.0287. The van der Waals surface area contributed by atoms with Gasteiger partial charge in [-0.1, -0.05) is 15.9 Å². The lowest BCUT2D eigenvalue weighted by Gasteiger charge is -2.12. The number of halogens is 1. The Labute approximate surface area is 69.7 Å². The number of hydrogen-bond donors (Lipinski definition) is 0. The molecule has 1 amide bonds. The summed E-state index contributed by atoms with van der Waals surface area (Å²) in [4.78, 5) is 13.0. The van der Waals surface area contributed by atoms with Crippen molar-refractivity contribution in [2.45, 2.75) is 18.2 Å². The average molecular weight is 205 g/mol. The van der Waals surface area contributed by atoms with Crippen LogP contribution in [0.3, 0.4) is 0 Å². The number of carbonyl (C=O) groups excluding carboxylic acids is 1. The van der Waals surface area contributed by atoms with Crippen molar-refractivity contribution in [2.24, 2.45) is 0 Å². The zero-order chi connectivity index (χ0) is 7.56. The van der Waals surface area contributed by atoms with Crippen LogP contribution in [0, 0.1) is 6.42 Å². The summed E-state index contributed by atoms with van der Waals surface area (Å²) in [5, 5.41) is 0. The number of rotatable bonds is 1. The lowest BCUT2D eigenvalue weighted by molar-refractivity contribution is -0.128. The van der Waals surface area contributed by atoms with Gasteiger partial charge < -0.3 is 0 Å². The summed E-state index contributed by atoms with van der Waals surface area (Å²) in [6.45, 7) is 3.59. The summed E-state index contributed by atoms with van der Waals surface area (Å²) in [6.07, 6.45) is 3.18. The summed E-state index contributed by atoms with van der Waals surface area (Å²) in [5.41, 5.74) is 0. The van der Waals surface area contributed by atoms with Gasteiger partial charge in [0.25, 0.3) is 0 Å². The molecule has 1 saturated heterocycles. The number of amides is 1. The highest BCUT2D eigenvalue weighted by atomic mass is 79.9. The predicted molar refractivity (Wildman–Crippen MR) is 43.9 cm³/mol. The molecule has 56 valence electrons. The molecular weight excluding hydrogens is 194 g/mol. The van der Waals surface area contributed by atoms with E-state index >= 15 is 0 Å². The van der Waals surface area contributed by atoms with E-state index in [0.29, 0.717) is 0 Å². The van der Waals surface area contributed by atoms with E-state index in [0.717, 1.165) is 19.5 Å². The van der Waals surface area contributed by atoms with Crippen LogP contribution in [0.15, 0.2) is 0 Å². The number of hydrogen-bond acceptors (Lipinski definition) is 1. The zero-order valence-corrected chi connectivity index (χ0v) is 7.60. The van der Waals surface area contributed by atoms with E-state index in [2.05, 4.69) is 22.4 Å². The Morgan fingerprint density at radius 2 is 2.50 bits per heavy atom. The molecular formula is C7H11BrNO+. The molecule has 0 bridgehead atoms. The molecule has 0 radical (unpaired) electrons. The molecule has 1 unspecified atom stereocenters. The number of likely N-dealkylation sites (tertiary alicyclic amines) is 1. The second kappa shape index (κ2) is 3.28. The highest BCUT2D eigenvalue weighted by Gasteiger charge is 2.25. The molecule has 0 aromatic rings. The molecule has 0 spiro atoms. The van der Waals surface area contributed by atoms with Gasteiger partial charge in [-0.05, 0) is 6.92 Å². The van der Waals surface area contributed by atoms with Gasteiger partial charge in [0.15, 0.2) is 6.54 Å². The van der Waals surface area contributed by atoms with E-state index in [9.17, 15) is 4.79 Å². The monoisotopic (exact) mass is 204 g/mol. The first-order valence-corrected chi connectivity index (χ1v) is 4.38. The molecule has 1 fully saturated rings. The van der Waals surface area contributed by atoms with Crippen molar-refractivity contribution in [1.82, 2.24) is 4.90 Å². The fourth-order valence-corrected chi connectivity index (χ4v) is 1.33. The first-order chi connectivity index (χ1) is 4.72. The average Bonchev–Trinajstić information content (AvgIpc) is 2.36. The van der Waals surface area contributed by atoms with Crippen LogP contribution in [0.5, 0.6) is 0 Å². The Bertz CT molecular complexity index is 130. The Hall–Kier alpha value is -0.180. The summed E-state index contributed by atoms with van der Waals surface area (Å²) in [5.74, 6) is 0.203. The van der Waals surface area contributed by atoms with Crippen LogP contribution in [0.4, 0.5) is 0 Å². The van der Waals surface area contributed by atoms with Crippen molar-refractivity contribution >= 4 is 21.8 Å². The quantitative estimate of drug-likeness (QED) is 0.465. The smallest absolute Gasteiger partial charge is 0.239 e. The van der Waals surface area contributed by atoms with Gasteiger partial charge in [-0.2, -0.15) is 0 Å². The summed E-state index contributed by atoms with van der Waals surface area (Å²) >= 11 is 3.24. The third-order valence-electron chi connectivity index (χ3n) is 1.60. The molecule has 0 aromatic carbocycles. The van der Waals surface area contributed by atoms with Crippen LogP contribution in [-0.4, -0.2) is 28.7 Å². The fourth-order valence-electron chi connectivity index (χ4n) is 1.04. The first-order valence-electron chi connectivity index (χ1n) is 3.46. The van der Waals surface area contributed by atoms with Crippen molar-refractivity contribution in [3.8, 4) is 0 Å². The molecule has 1 rings (SSSR count). The Morgan fingerprint density at radius 1 is 1.80 bits per heavy atom. The topological polar surface area (TPSA) is 20.3 Å². The molecule has 1 heterocycles. The maximum atomic E-state index is 11.2. The molecule has 3 heteroatoms. The Morgan fingerprint density at radius 3 is 2.90 bits per heavy atom. The normalized spacial score (nSPS) is 20.4. The van der Waals surface area contributed by atoms with Crippen LogP contribution in [0.25, 0.3) is 0 Å². The molecule has 0 aliphatic carbocycles. The van der Waals surface area contributed by atoms with E-state index in [1.807, 2.05) is 11.8 Å². The highest BCUT2D eigenvalue weighted by molar-refractivity contribution is 9.10. The molecule has 1 atom stereocenters.